The predicted octanol–water partition coefficient (Wildman–Crippen LogP) is 4.33. The Hall–Kier alpha value is -3.02. The molecule has 2 N–H and O–H groups in total. The lowest BCUT2D eigenvalue weighted by Gasteiger charge is -2.14. The summed E-state index contributed by atoms with van der Waals surface area (Å²) >= 11 is 0. The fourth-order valence-electron chi connectivity index (χ4n) is 2.31. The third kappa shape index (κ3) is 5.74. The highest BCUT2D eigenvalue weighted by Gasteiger charge is 2.13. The van der Waals surface area contributed by atoms with Crippen molar-refractivity contribution in [2.45, 2.75) is 33.8 Å². The van der Waals surface area contributed by atoms with Gasteiger partial charge in [0.25, 0.3) is 5.91 Å². The van der Waals surface area contributed by atoms with E-state index in [1.54, 1.807) is 42.5 Å². The molecule has 0 heterocycles. The van der Waals surface area contributed by atoms with Gasteiger partial charge in [0.1, 0.15) is 11.5 Å². The Morgan fingerprint density at radius 3 is 2.15 bits per heavy atom. The van der Waals surface area contributed by atoms with Gasteiger partial charge in [0.2, 0.25) is 5.91 Å². The van der Waals surface area contributed by atoms with E-state index in [0.717, 1.165) is 0 Å². The van der Waals surface area contributed by atoms with Gasteiger partial charge in [-0.25, -0.2) is 0 Å². The van der Waals surface area contributed by atoms with Crippen LogP contribution in [0.15, 0.2) is 42.5 Å². The number of carbonyl (C=O) groups is 2. The Balaban J connectivity index is 2.10. The molecular weight excluding hydrogens is 344 g/mol. The van der Waals surface area contributed by atoms with Crippen LogP contribution in [0.25, 0.3) is 0 Å². The number of rotatable bonds is 7. The molecule has 144 valence electrons. The highest BCUT2D eigenvalue weighted by molar-refractivity contribution is 6.04. The minimum Gasteiger partial charge on any atom is -0.494 e. The molecule has 0 aliphatic rings. The van der Waals surface area contributed by atoms with Crippen LogP contribution in [0.4, 0.5) is 11.4 Å². The monoisotopic (exact) mass is 370 g/mol. The number of nitrogens with one attached hydrogen (secondary N) is 2. The molecule has 0 spiro atoms. The number of hydrogen-bond acceptors (Lipinski definition) is 4. The van der Waals surface area contributed by atoms with E-state index in [1.165, 1.54) is 7.11 Å². The fourth-order valence-corrected chi connectivity index (χ4v) is 2.31. The maximum atomic E-state index is 12.4. The van der Waals surface area contributed by atoms with Crippen LogP contribution in [-0.4, -0.2) is 25.0 Å². The molecule has 2 amide bonds. The van der Waals surface area contributed by atoms with E-state index in [-0.39, 0.29) is 23.8 Å². The highest BCUT2D eigenvalue weighted by atomic mass is 16.5. The van der Waals surface area contributed by atoms with Gasteiger partial charge in [0.15, 0.2) is 0 Å². The van der Waals surface area contributed by atoms with Crippen molar-refractivity contribution in [1.29, 1.82) is 0 Å². The van der Waals surface area contributed by atoms with Gasteiger partial charge >= 0.3 is 0 Å². The van der Waals surface area contributed by atoms with Gasteiger partial charge in [-0.05, 0) is 50.2 Å². The number of carbonyl (C=O) groups excluding carboxylic acids is 2. The first kappa shape index (κ1) is 20.3. The average molecular weight is 370 g/mol. The van der Waals surface area contributed by atoms with Gasteiger partial charge in [0.05, 0.1) is 18.9 Å². The lowest BCUT2D eigenvalue weighted by molar-refractivity contribution is -0.118. The smallest absolute Gasteiger partial charge is 0.255 e. The maximum absolute atomic E-state index is 12.4. The topological polar surface area (TPSA) is 76.7 Å². The second-order valence-electron chi connectivity index (χ2n) is 6.70. The van der Waals surface area contributed by atoms with E-state index in [9.17, 15) is 9.59 Å². The summed E-state index contributed by atoms with van der Waals surface area (Å²) in [6.45, 7) is 7.52. The van der Waals surface area contributed by atoms with Crippen LogP contribution in [0.5, 0.6) is 11.5 Å². The SMILES string of the molecule is COc1cc(NC(=O)c2ccc(OC(C)C)cc2)ccc1NC(=O)C(C)C. The van der Waals surface area contributed by atoms with E-state index in [0.29, 0.717) is 28.4 Å². The van der Waals surface area contributed by atoms with Crippen molar-refractivity contribution in [3.05, 3.63) is 48.0 Å². The Morgan fingerprint density at radius 2 is 1.59 bits per heavy atom. The first-order valence-electron chi connectivity index (χ1n) is 8.87. The lowest BCUT2D eigenvalue weighted by atomic mass is 10.1. The molecule has 6 heteroatoms. The van der Waals surface area contributed by atoms with E-state index in [1.807, 2.05) is 27.7 Å². The van der Waals surface area contributed by atoms with Crippen molar-refractivity contribution in [1.82, 2.24) is 0 Å². The van der Waals surface area contributed by atoms with E-state index >= 15 is 0 Å². The van der Waals surface area contributed by atoms with Crippen molar-refractivity contribution in [2.75, 3.05) is 17.7 Å². The number of ether oxygens (including phenoxy) is 2. The molecule has 2 aromatic rings. The van der Waals surface area contributed by atoms with Gasteiger partial charge in [-0.15, -0.1) is 0 Å². The zero-order valence-corrected chi connectivity index (χ0v) is 16.3. The van der Waals surface area contributed by atoms with Crippen LogP contribution < -0.4 is 20.1 Å². The molecule has 0 aromatic heterocycles. The molecule has 0 saturated heterocycles. The summed E-state index contributed by atoms with van der Waals surface area (Å²) in [5.41, 5.74) is 1.65. The van der Waals surface area contributed by atoms with E-state index in [2.05, 4.69) is 10.6 Å². The first-order valence-corrected chi connectivity index (χ1v) is 8.87. The molecule has 2 aromatic carbocycles. The summed E-state index contributed by atoms with van der Waals surface area (Å²) in [5.74, 6) is 0.702. The van der Waals surface area contributed by atoms with Crippen molar-refractivity contribution < 1.29 is 19.1 Å². The first-order chi connectivity index (χ1) is 12.8. The third-order valence-electron chi connectivity index (χ3n) is 3.73. The van der Waals surface area contributed by atoms with Crippen LogP contribution in [-0.2, 0) is 4.79 Å². The zero-order valence-electron chi connectivity index (χ0n) is 16.3. The van der Waals surface area contributed by atoms with Crippen LogP contribution in [0.3, 0.4) is 0 Å². The Bertz CT molecular complexity index is 798. The van der Waals surface area contributed by atoms with Crippen molar-refractivity contribution in [3.8, 4) is 11.5 Å². The summed E-state index contributed by atoms with van der Waals surface area (Å²) in [6.07, 6.45) is 0.0758. The normalized spacial score (nSPS) is 10.6. The number of anilines is 2. The molecule has 0 fully saturated rings. The Labute approximate surface area is 159 Å². The minimum atomic E-state index is -0.243. The summed E-state index contributed by atoms with van der Waals surface area (Å²) in [4.78, 5) is 24.3. The lowest BCUT2D eigenvalue weighted by Crippen LogP contribution is -2.18. The molecule has 6 nitrogen and oxygen atoms in total. The van der Waals surface area contributed by atoms with E-state index < -0.39 is 0 Å². The molecule has 0 saturated carbocycles. The molecule has 0 bridgehead atoms. The minimum absolute atomic E-state index is 0.0758. The summed E-state index contributed by atoms with van der Waals surface area (Å²) in [7, 11) is 1.51. The number of amides is 2. The molecular formula is C21H26N2O4. The fraction of sp³-hybridized carbons (Fsp3) is 0.333. The van der Waals surface area contributed by atoms with Crippen molar-refractivity contribution >= 4 is 23.2 Å². The van der Waals surface area contributed by atoms with Crippen LogP contribution in [0, 0.1) is 5.92 Å². The second-order valence-corrected chi connectivity index (χ2v) is 6.70. The maximum Gasteiger partial charge on any atom is 0.255 e. The summed E-state index contributed by atoms with van der Waals surface area (Å²) in [6, 6.07) is 12.0. The van der Waals surface area contributed by atoms with Crippen LogP contribution >= 0.6 is 0 Å². The molecule has 27 heavy (non-hydrogen) atoms. The Kier molecular flexibility index (Phi) is 6.82. The number of benzene rings is 2. The molecule has 0 radical (unpaired) electrons. The number of methoxy groups -OCH3 is 1. The molecule has 0 atom stereocenters. The second kappa shape index (κ2) is 9.07. The van der Waals surface area contributed by atoms with Gasteiger partial charge < -0.3 is 20.1 Å². The van der Waals surface area contributed by atoms with E-state index in [4.69, 9.17) is 9.47 Å². The largest absolute Gasteiger partial charge is 0.494 e. The van der Waals surface area contributed by atoms with Gasteiger partial charge in [0, 0.05) is 23.2 Å². The van der Waals surface area contributed by atoms with Gasteiger partial charge in [-0.2, -0.15) is 0 Å². The summed E-state index contributed by atoms with van der Waals surface area (Å²) in [5, 5.41) is 5.63. The zero-order chi connectivity index (χ0) is 20.0. The molecule has 2 rings (SSSR count). The van der Waals surface area contributed by atoms with Gasteiger partial charge in [-0.3, -0.25) is 9.59 Å². The van der Waals surface area contributed by atoms with Crippen molar-refractivity contribution in [3.63, 3.8) is 0 Å². The highest BCUT2D eigenvalue weighted by Crippen LogP contribution is 2.28. The summed E-state index contributed by atoms with van der Waals surface area (Å²) < 4.78 is 10.9. The standard InChI is InChI=1S/C21H26N2O4/c1-13(2)20(24)23-18-11-8-16(12-19(18)26-5)22-21(25)15-6-9-17(10-7-15)27-14(3)4/h6-14H,1-5H3,(H,22,25)(H,23,24). The average Bonchev–Trinajstić information content (AvgIpc) is 2.62. The molecule has 0 aliphatic heterocycles. The predicted molar refractivity (Wildman–Crippen MR) is 107 cm³/mol. The van der Waals surface area contributed by atoms with Crippen LogP contribution in [0.2, 0.25) is 0 Å². The number of hydrogen-bond donors (Lipinski definition) is 2. The van der Waals surface area contributed by atoms with Crippen LogP contribution in [0.1, 0.15) is 38.1 Å². The Morgan fingerprint density at radius 1 is 0.926 bits per heavy atom. The quantitative estimate of drug-likeness (QED) is 0.760. The van der Waals surface area contributed by atoms with Crippen molar-refractivity contribution in [2.24, 2.45) is 5.92 Å². The third-order valence-corrected chi connectivity index (χ3v) is 3.73. The molecule has 0 unspecified atom stereocenters. The molecule has 0 aliphatic carbocycles. The van der Waals surface area contributed by atoms with Gasteiger partial charge in [-0.1, -0.05) is 13.8 Å².